The Morgan fingerprint density at radius 3 is 2.62 bits per heavy atom. The third-order valence-corrected chi connectivity index (χ3v) is 3.86. The zero-order chi connectivity index (χ0) is 17.2. The van der Waals surface area contributed by atoms with Gasteiger partial charge < -0.3 is 9.84 Å². The number of esters is 1. The van der Waals surface area contributed by atoms with Crippen molar-refractivity contribution in [2.24, 2.45) is 0 Å². The van der Waals surface area contributed by atoms with Gasteiger partial charge in [0.15, 0.2) is 0 Å². The molecule has 0 aliphatic heterocycles. The molecule has 3 aromatic rings. The third-order valence-electron chi connectivity index (χ3n) is 3.86. The summed E-state index contributed by atoms with van der Waals surface area (Å²) in [5.74, 6) is -0.423. The van der Waals surface area contributed by atoms with Gasteiger partial charge in [0.1, 0.15) is 11.3 Å². The highest BCUT2D eigenvalue weighted by atomic mass is 16.5. The van der Waals surface area contributed by atoms with Crippen LogP contribution in [0, 0.1) is 0 Å². The van der Waals surface area contributed by atoms with Crippen molar-refractivity contribution in [2.75, 3.05) is 7.11 Å². The fraction of sp³-hybridized carbons (Fsp3) is 0.167. The van der Waals surface area contributed by atoms with Crippen LogP contribution in [-0.4, -0.2) is 33.2 Å². The average molecular weight is 323 g/mol. The Labute approximate surface area is 139 Å². The number of carbonyl (C=O) groups excluding carboxylic acids is 1. The molecule has 1 aromatic heterocycles. The highest BCUT2D eigenvalue weighted by molar-refractivity contribution is 5.89. The molecule has 0 saturated carbocycles. The Morgan fingerprint density at radius 2 is 1.92 bits per heavy atom. The minimum Gasteiger partial charge on any atom is -0.465 e. The van der Waals surface area contributed by atoms with Crippen molar-refractivity contribution >= 4 is 5.97 Å². The van der Waals surface area contributed by atoms with Crippen LogP contribution in [0.15, 0.2) is 60.8 Å². The van der Waals surface area contributed by atoms with Crippen LogP contribution in [0.1, 0.15) is 28.5 Å². The number of rotatable bonds is 4. The summed E-state index contributed by atoms with van der Waals surface area (Å²) in [6.07, 6.45) is 1.64. The van der Waals surface area contributed by atoms with E-state index in [2.05, 4.69) is 10.3 Å². The molecular formula is C18H17N3O3. The molecule has 1 N–H and O–H groups in total. The zero-order valence-electron chi connectivity index (χ0n) is 13.4. The van der Waals surface area contributed by atoms with Crippen LogP contribution in [0.5, 0.6) is 0 Å². The van der Waals surface area contributed by atoms with Crippen LogP contribution < -0.4 is 0 Å². The van der Waals surface area contributed by atoms with Crippen molar-refractivity contribution in [2.45, 2.75) is 12.5 Å². The topological polar surface area (TPSA) is 77.2 Å². The van der Waals surface area contributed by atoms with Crippen molar-refractivity contribution < 1.29 is 14.6 Å². The molecule has 24 heavy (non-hydrogen) atoms. The van der Waals surface area contributed by atoms with Crippen LogP contribution in [0.2, 0.25) is 0 Å². The molecular weight excluding hydrogens is 306 g/mol. The fourth-order valence-electron chi connectivity index (χ4n) is 2.42. The van der Waals surface area contributed by atoms with E-state index in [4.69, 9.17) is 4.74 Å². The van der Waals surface area contributed by atoms with Gasteiger partial charge in [-0.25, -0.2) is 9.48 Å². The number of nitrogens with zero attached hydrogens (tertiary/aromatic N) is 3. The maximum Gasteiger partial charge on any atom is 0.337 e. The van der Waals surface area contributed by atoms with E-state index in [1.165, 1.54) is 11.8 Å². The van der Waals surface area contributed by atoms with Crippen LogP contribution in [-0.2, 0) is 10.3 Å². The molecule has 6 nitrogen and oxygen atoms in total. The van der Waals surface area contributed by atoms with Gasteiger partial charge in [0.2, 0.25) is 0 Å². The van der Waals surface area contributed by atoms with Gasteiger partial charge in [0.05, 0.1) is 24.6 Å². The molecule has 0 amide bonds. The quantitative estimate of drug-likeness (QED) is 0.746. The van der Waals surface area contributed by atoms with Gasteiger partial charge in [0, 0.05) is 0 Å². The molecule has 1 heterocycles. The Hall–Kier alpha value is -2.99. The van der Waals surface area contributed by atoms with Crippen LogP contribution >= 0.6 is 0 Å². The first kappa shape index (κ1) is 15.9. The Bertz CT molecular complexity index is 857. The van der Waals surface area contributed by atoms with E-state index < -0.39 is 11.6 Å². The van der Waals surface area contributed by atoms with Crippen LogP contribution in [0.4, 0.5) is 0 Å². The summed E-state index contributed by atoms with van der Waals surface area (Å²) in [5.41, 5.74) is 0.944. The second kappa shape index (κ2) is 6.25. The first-order chi connectivity index (χ1) is 11.5. The van der Waals surface area contributed by atoms with Crippen molar-refractivity contribution in [1.82, 2.24) is 15.0 Å². The van der Waals surface area contributed by atoms with Gasteiger partial charge in [-0.1, -0.05) is 41.6 Å². The highest BCUT2D eigenvalue weighted by Gasteiger charge is 2.29. The van der Waals surface area contributed by atoms with E-state index >= 15 is 0 Å². The SMILES string of the molecule is COC(=O)c1cccc(-n2cc(C(C)(O)c3ccccc3)nn2)c1. The molecule has 2 aromatic carbocycles. The van der Waals surface area contributed by atoms with E-state index in [1.807, 2.05) is 30.3 Å². The second-order valence-corrected chi connectivity index (χ2v) is 5.53. The summed E-state index contributed by atoms with van der Waals surface area (Å²) >= 11 is 0. The minimum atomic E-state index is -1.26. The minimum absolute atomic E-state index is 0.414. The summed E-state index contributed by atoms with van der Waals surface area (Å²) < 4.78 is 6.23. The van der Waals surface area contributed by atoms with E-state index in [9.17, 15) is 9.90 Å². The number of aromatic nitrogens is 3. The first-order valence-electron chi connectivity index (χ1n) is 7.42. The number of benzene rings is 2. The maximum absolute atomic E-state index is 11.6. The van der Waals surface area contributed by atoms with Crippen molar-refractivity contribution in [3.05, 3.63) is 77.6 Å². The van der Waals surface area contributed by atoms with Crippen molar-refractivity contribution in [1.29, 1.82) is 0 Å². The molecule has 0 saturated heterocycles. The predicted octanol–water partition coefficient (Wildman–Crippen LogP) is 2.31. The lowest BCUT2D eigenvalue weighted by molar-refractivity contribution is 0.0600. The summed E-state index contributed by atoms with van der Waals surface area (Å²) in [6, 6.07) is 16.1. The van der Waals surface area contributed by atoms with Crippen molar-refractivity contribution in [3.63, 3.8) is 0 Å². The van der Waals surface area contributed by atoms with Gasteiger partial charge in [-0.05, 0) is 30.7 Å². The third kappa shape index (κ3) is 2.91. The van der Waals surface area contributed by atoms with Gasteiger partial charge in [0.25, 0.3) is 0 Å². The summed E-state index contributed by atoms with van der Waals surface area (Å²) in [6.45, 7) is 1.67. The molecule has 6 heteroatoms. The number of carbonyl (C=O) groups is 1. The molecule has 1 atom stereocenters. The molecule has 1 unspecified atom stereocenters. The average Bonchev–Trinajstić information content (AvgIpc) is 3.13. The summed E-state index contributed by atoms with van der Waals surface area (Å²) in [5, 5.41) is 18.9. The molecule has 0 spiro atoms. The normalized spacial score (nSPS) is 13.3. The van der Waals surface area contributed by atoms with E-state index in [0.29, 0.717) is 16.9 Å². The number of hydrogen-bond donors (Lipinski definition) is 1. The molecule has 0 fully saturated rings. The zero-order valence-corrected chi connectivity index (χ0v) is 13.4. The smallest absolute Gasteiger partial charge is 0.337 e. The lowest BCUT2D eigenvalue weighted by Crippen LogP contribution is -2.23. The summed E-state index contributed by atoms with van der Waals surface area (Å²) in [7, 11) is 1.33. The monoisotopic (exact) mass is 323 g/mol. The standard InChI is InChI=1S/C18H17N3O3/c1-18(23,14-8-4-3-5-9-14)16-12-21(20-19-16)15-10-6-7-13(11-15)17(22)24-2/h3-12,23H,1-2H3. The molecule has 0 aliphatic carbocycles. The summed E-state index contributed by atoms with van der Waals surface area (Å²) in [4.78, 5) is 11.6. The maximum atomic E-state index is 11.6. The molecule has 0 radical (unpaired) electrons. The second-order valence-electron chi connectivity index (χ2n) is 5.53. The van der Waals surface area contributed by atoms with Crippen LogP contribution in [0.25, 0.3) is 5.69 Å². The Morgan fingerprint density at radius 1 is 1.17 bits per heavy atom. The Kier molecular flexibility index (Phi) is 4.14. The number of methoxy groups -OCH3 is 1. The number of hydrogen-bond acceptors (Lipinski definition) is 5. The van der Waals surface area contributed by atoms with E-state index in [1.54, 1.807) is 37.4 Å². The van der Waals surface area contributed by atoms with E-state index in [-0.39, 0.29) is 0 Å². The predicted molar refractivity (Wildman–Crippen MR) is 87.8 cm³/mol. The molecule has 0 bridgehead atoms. The van der Waals surface area contributed by atoms with Crippen molar-refractivity contribution in [3.8, 4) is 5.69 Å². The van der Waals surface area contributed by atoms with Gasteiger partial charge in [-0.3, -0.25) is 0 Å². The first-order valence-corrected chi connectivity index (χ1v) is 7.42. The van der Waals surface area contributed by atoms with Gasteiger partial charge in [-0.2, -0.15) is 0 Å². The van der Waals surface area contributed by atoms with Crippen LogP contribution in [0.3, 0.4) is 0 Å². The van der Waals surface area contributed by atoms with Gasteiger partial charge >= 0.3 is 5.97 Å². The molecule has 0 aliphatic rings. The fourth-order valence-corrected chi connectivity index (χ4v) is 2.42. The highest BCUT2D eigenvalue weighted by Crippen LogP contribution is 2.27. The largest absolute Gasteiger partial charge is 0.465 e. The van der Waals surface area contributed by atoms with E-state index in [0.717, 1.165) is 5.56 Å². The number of aliphatic hydroxyl groups is 1. The lowest BCUT2D eigenvalue weighted by Gasteiger charge is -2.20. The lowest BCUT2D eigenvalue weighted by atomic mass is 9.93. The molecule has 3 rings (SSSR count). The number of ether oxygens (including phenoxy) is 1. The van der Waals surface area contributed by atoms with Gasteiger partial charge in [-0.15, -0.1) is 5.10 Å². The molecule has 122 valence electrons. The Balaban J connectivity index is 1.95.